The number of pyridine rings is 1. The average molecular weight is 671 g/mol. The van der Waals surface area contributed by atoms with Gasteiger partial charge in [-0.2, -0.15) is 12.7 Å². The van der Waals surface area contributed by atoms with Crippen LogP contribution in [0.2, 0.25) is 0 Å². The van der Waals surface area contributed by atoms with E-state index in [2.05, 4.69) is 9.88 Å². The van der Waals surface area contributed by atoms with Crippen molar-refractivity contribution in [2.75, 3.05) is 38.1 Å². The third-order valence-electron chi connectivity index (χ3n) is 8.33. The predicted molar refractivity (Wildman–Crippen MR) is 180 cm³/mol. The summed E-state index contributed by atoms with van der Waals surface area (Å²) in [5, 5.41) is 1.16. The molecule has 6 rings (SSSR count). The number of para-hydroxylation sites is 1. The SMILES string of the molecule is CN(C(Cc1ccc(OS(=O)(=O)c2cccc3cnccc23)cc1)C(=O)N1CCN(c2ccccc2)CC1)S(=O)(=O)c1ccccc1. The second-order valence-corrected chi connectivity index (χ2v) is 14.7. The van der Waals surface area contributed by atoms with E-state index >= 15 is 0 Å². The molecular formula is C35H34N4O6S2. The number of benzene rings is 4. The van der Waals surface area contributed by atoms with Gasteiger partial charge in [0.25, 0.3) is 0 Å². The summed E-state index contributed by atoms with van der Waals surface area (Å²) in [7, 11) is -6.76. The highest BCUT2D eigenvalue weighted by Crippen LogP contribution is 2.27. The lowest BCUT2D eigenvalue weighted by atomic mass is 10.0. The molecule has 1 atom stereocenters. The van der Waals surface area contributed by atoms with Crippen molar-refractivity contribution in [2.45, 2.75) is 22.3 Å². The molecule has 1 saturated heterocycles. The monoisotopic (exact) mass is 670 g/mol. The van der Waals surface area contributed by atoms with E-state index < -0.39 is 26.2 Å². The van der Waals surface area contributed by atoms with Gasteiger partial charge < -0.3 is 14.0 Å². The maximum Gasteiger partial charge on any atom is 0.339 e. The number of fused-ring (bicyclic) bond motifs is 1. The molecule has 5 aromatic rings. The highest BCUT2D eigenvalue weighted by atomic mass is 32.2. The fourth-order valence-corrected chi connectivity index (χ4v) is 8.21. The fourth-order valence-electron chi connectivity index (χ4n) is 5.72. The predicted octanol–water partition coefficient (Wildman–Crippen LogP) is 4.58. The number of aromatic nitrogens is 1. The van der Waals surface area contributed by atoms with Gasteiger partial charge in [0, 0.05) is 62.1 Å². The van der Waals surface area contributed by atoms with Gasteiger partial charge in [0.2, 0.25) is 15.9 Å². The molecule has 1 aliphatic rings. The molecule has 0 saturated carbocycles. The van der Waals surface area contributed by atoms with Crippen molar-refractivity contribution in [3.05, 3.63) is 127 Å². The Hall–Kier alpha value is -4.78. The maximum atomic E-state index is 14.1. The molecule has 1 aliphatic heterocycles. The molecule has 1 aromatic heterocycles. The zero-order valence-electron chi connectivity index (χ0n) is 25.7. The number of amides is 1. The summed E-state index contributed by atoms with van der Waals surface area (Å²) >= 11 is 0. The number of nitrogens with zero attached hydrogens (tertiary/aromatic N) is 4. The Morgan fingerprint density at radius 2 is 1.47 bits per heavy atom. The minimum Gasteiger partial charge on any atom is -0.379 e. The summed E-state index contributed by atoms with van der Waals surface area (Å²) in [5.41, 5.74) is 1.71. The van der Waals surface area contributed by atoms with Crippen molar-refractivity contribution >= 4 is 42.5 Å². The highest BCUT2D eigenvalue weighted by molar-refractivity contribution is 7.89. The average Bonchev–Trinajstić information content (AvgIpc) is 3.11. The molecule has 0 N–H and O–H groups in total. The van der Waals surface area contributed by atoms with Crippen LogP contribution in [0.4, 0.5) is 5.69 Å². The van der Waals surface area contributed by atoms with Gasteiger partial charge in [-0.3, -0.25) is 9.78 Å². The molecule has 0 bridgehead atoms. The standard InChI is InChI=1S/C35H34N4O6S2/c1-37(46(41,42)31-12-6-3-7-13-31)33(35(40)39-23-21-38(22-24-39)29-10-4-2-5-11-29)25-27-15-17-30(18-16-27)45-47(43,44)34-14-8-9-28-26-36-20-19-32(28)34/h2-20,26,33H,21-25H2,1H3. The lowest BCUT2D eigenvalue weighted by Crippen LogP contribution is -2.55. The molecule has 0 spiro atoms. The number of rotatable bonds is 10. The highest BCUT2D eigenvalue weighted by Gasteiger charge is 2.36. The second-order valence-electron chi connectivity index (χ2n) is 11.2. The van der Waals surface area contributed by atoms with E-state index in [1.54, 1.807) is 59.6 Å². The summed E-state index contributed by atoms with van der Waals surface area (Å²) in [4.78, 5) is 22.2. The third kappa shape index (κ3) is 6.99. The summed E-state index contributed by atoms with van der Waals surface area (Å²) in [6.45, 7) is 2.12. The zero-order valence-corrected chi connectivity index (χ0v) is 27.3. The summed E-state index contributed by atoms with van der Waals surface area (Å²) < 4.78 is 60.4. The van der Waals surface area contributed by atoms with Gasteiger partial charge in [0.05, 0.1) is 4.90 Å². The minimum absolute atomic E-state index is 0.0206. The quantitative estimate of drug-likeness (QED) is 0.198. The van der Waals surface area contributed by atoms with Gasteiger partial charge in [-0.05, 0) is 60.5 Å². The molecule has 4 aromatic carbocycles. The first-order valence-electron chi connectivity index (χ1n) is 15.1. The molecular weight excluding hydrogens is 637 g/mol. The molecule has 12 heteroatoms. The number of likely N-dealkylation sites (N-methyl/N-ethyl adjacent to an activating group) is 1. The van der Waals surface area contributed by atoms with Crippen LogP contribution in [0.5, 0.6) is 5.75 Å². The Balaban J connectivity index is 1.22. The first-order chi connectivity index (χ1) is 22.6. The van der Waals surface area contributed by atoms with Gasteiger partial charge in [0.15, 0.2) is 0 Å². The number of carbonyl (C=O) groups excluding carboxylic acids is 1. The zero-order chi connectivity index (χ0) is 33.0. The maximum absolute atomic E-state index is 14.1. The third-order valence-corrected chi connectivity index (χ3v) is 11.5. The number of carbonyl (C=O) groups is 1. The number of hydrogen-bond acceptors (Lipinski definition) is 8. The molecule has 47 heavy (non-hydrogen) atoms. The van der Waals surface area contributed by atoms with Crippen LogP contribution >= 0.6 is 0 Å². The van der Waals surface area contributed by atoms with Crippen LogP contribution in [0.25, 0.3) is 10.8 Å². The number of anilines is 1. The van der Waals surface area contributed by atoms with Gasteiger partial charge >= 0.3 is 10.1 Å². The van der Waals surface area contributed by atoms with Gasteiger partial charge in [-0.15, -0.1) is 0 Å². The van der Waals surface area contributed by atoms with E-state index in [9.17, 15) is 21.6 Å². The Morgan fingerprint density at radius 3 is 2.15 bits per heavy atom. The van der Waals surface area contributed by atoms with E-state index in [1.807, 2.05) is 30.3 Å². The molecule has 0 aliphatic carbocycles. The van der Waals surface area contributed by atoms with Crippen LogP contribution in [0, 0.1) is 0 Å². The van der Waals surface area contributed by atoms with E-state index in [4.69, 9.17) is 4.18 Å². The Morgan fingerprint density at radius 1 is 0.809 bits per heavy atom. The van der Waals surface area contributed by atoms with Crippen molar-refractivity contribution in [1.82, 2.24) is 14.2 Å². The molecule has 1 unspecified atom stereocenters. The Kier molecular flexibility index (Phi) is 9.26. The van der Waals surface area contributed by atoms with E-state index in [1.165, 1.54) is 43.6 Å². The first-order valence-corrected chi connectivity index (χ1v) is 18.0. The number of sulfonamides is 1. The lowest BCUT2D eigenvalue weighted by Gasteiger charge is -2.39. The largest absolute Gasteiger partial charge is 0.379 e. The van der Waals surface area contributed by atoms with Gasteiger partial charge in [-0.25, -0.2) is 8.42 Å². The Bertz CT molecular complexity index is 2060. The van der Waals surface area contributed by atoms with Gasteiger partial charge in [0.1, 0.15) is 16.7 Å². The van der Waals surface area contributed by atoms with Gasteiger partial charge in [-0.1, -0.05) is 60.7 Å². The molecule has 2 heterocycles. The fraction of sp³-hybridized carbons (Fsp3) is 0.200. The van der Waals surface area contributed by atoms with Crippen LogP contribution < -0.4 is 9.08 Å². The smallest absolute Gasteiger partial charge is 0.339 e. The van der Waals surface area contributed by atoms with Crippen molar-refractivity contribution in [3.63, 3.8) is 0 Å². The van der Waals surface area contributed by atoms with Crippen LogP contribution in [0.3, 0.4) is 0 Å². The summed E-state index contributed by atoms with van der Waals surface area (Å²) in [6, 6.07) is 29.7. The lowest BCUT2D eigenvalue weighted by molar-refractivity contribution is -0.135. The summed E-state index contributed by atoms with van der Waals surface area (Å²) in [6.07, 6.45) is 3.18. The topological polar surface area (TPSA) is 117 Å². The minimum atomic E-state index is -4.17. The molecule has 242 valence electrons. The van der Waals surface area contributed by atoms with Crippen molar-refractivity contribution < 1.29 is 25.8 Å². The normalized spacial score (nSPS) is 14.7. The van der Waals surface area contributed by atoms with Crippen LogP contribution in [0.15, 0.2) is 131 Å². The molecule has 1 fully saturated rings. The van der Waals surface area contributed by atoms with Crippen LogP contribution in [-0.2, 0) is 31.4 Å². The second kappa shape index (κ2) is 13.5. The van der Waals surface area contributed by atoms with E-state index in [0.29, 0.717) is 42.5 Å². The molecule has 0 radical (unpaired) electrons. The molecule has 10 nitrogen and oxygen atoms in total. The van der Waals surface area contributed by atoms with Crippen molar-refractivity contribution in [1.29, 1.82) is 0 Å². The number of hydrogen-bond donors (Lipinski definition) is 0. The van der Waals surface area contributed by atoms with Crippen molar-refractivity contribution in [3.8, 4) is 5.75 Å². The number of piperazine rings is 1. The first kappa shape index (κ1) is 32.2. The summed E-state index contributed by atoms with van der Waals surface area (Å²) in [5.74, 6) is -0.210. The van der Waals surface area contributed by atoms with Crippen LogP contribution in [-0.4, -0.2) is 76.2 Å². The van der Waals surface area contributed by atoms with Crippen LogP contribution in [0.1, 0.15) is 5.56 Å². The van der Waals surface area contributed by atoms with Crippen molar-refractivity contribution in [2.24, 2.45) is 0 Å². The van der Waals surface area contributed by atoms with E-state index in [-0.39, 0.29) is 27.9 Å². The van der Waals surface area contributed by atoms with E-state index in [0.717, 1.165) is 9.99 Å². The Labute approximate surface area is 275 Å². The molecule has 1 amide bonds.